The van der Waals surface area contributed by atoms with Crippen LogP contribution in [-0.2, 0) is 5.60 Å². The highest BCUT2D eigenvalue weighted by Gasteiger charge is 2.36. The van der Waals surface area contributed by atoms with Crippen LogP contribution in [0, 0.1) is 18.7 Å². The Bertz CT molecular complexity index is 388. The molecule has 1 aromatic rings. The predicted octanol–water partition coefficient (Wildman–Crippen LogP) is 3.53. The van der Waals surface area contributed by atoms with Crippen molar-refractivity contribution in [1.29, 1.82) is 0 Å². The predicted molar refractivity (Wildman–Crippen MR) is 62.7 cm³/mol. The SMILES string of the molecule is Cc1ccc(F)c(C2(O)CCCC(C)C2)c1. The maximum Gasteiger partial charge on any atom is 0.129 e. The Hall–Kier alpha value is -0.890. The first-order valence-electron chi connectivity index (χ1n) is 6.00. The van der Waals surface area contributed by atoms with Gasteiger partial charge in [-0.3, -0.25) is 0 Å². The molecule has 0 bridgehead atoms. The summed E-state index contributed by atoms with van der Waals surface area (Å²) in [6.07, 6.45) is 3.46. The van der Waals surface area contributed by atoms with Crippen LogP contribution in [0.15, 0.2) is 18.2 Å². The first-order valence-corrected chi connectivity index (χ1v) is 6.00. The molecule has 0 saturated heterocycles. The number of aliphatic hydroxyl groups is 1. The molecule has 1 fully saturated rings. The molecule has 0 heterocycles. The summed E-state index contributed by atoms with van der Waals surface area (Å²) >= 11 is 0. The van der Waals surface area contributed by atoms with Crippen LogP contribution >= 0.6 is 0 Å². The molecule has 1 nitrogen and oxygen atoms in total. The quantitative estimate of drug-likeness (QED) is 0.770. The normalized spacial score (nSPS) is 30.4. The summed E-state index contributed by atoms with van der Waals surface area (Å²) < 4.78 is 13.8. The Morgan fingerprint density at radius 2 is 2.19 bits per heavy atom. The molecule has 0 spiro atoms. The van der Waals surface area contributed by atoms with E-state index < -0.39 is 5.60 Å². The van der Waals surface area contributed by atoms with Crippen molar-refractivity contribution in [3.05, 3.63) is 35.1 Å². The van der Waals surface area contributed by atoms with Gasteiger partial charge in [-0.15, -0.1) is 0 Å². The molecular formula is C14H19FO. The van der Waals surface area contributed by atoms with Crippen LogP contribution in [0.4, 0.5) is 4.39 Å². The summed E-state index contributed by atoms with van der Waals surface area (Å²) in [6.45, 7) is 4.05. The van der Waals surface area contributed by atoms with Crippen LogP contribution in [0.2, 0.25) is 0 Å². The number of hydrogen-bond acceptors (Lipinski definition) is 1. The van der Waals surface area contributed by atoms with E-state index in [1.807, 2.05) is 6.92 Å². The van der Waals surface area contributed by atoms with Crippen molar-refractivity contribution in [2.45, 2.75) is 45.1 Å². The van der Waals surface area contributed by atoms with Gasteiger partial charge in [-0.2, -0.15) is 0 Å². The standard InChI is InChI=1S/C14H19FO/c1-10-5-6-13(15)12(8-10)14(16)7-3-4-11(2)9-14/h5-6,8,11,16H,3-4,7,9H2,1-2H3. The summed E-state index contributed by atoms with van der Waals surface area (Å²) in [7, 11) is 0. The molecular weight excluding hydrogens is 203 g/mol. The number of rotatable bonds is 1. The third-order valence-corrected chi connectivity index (χ3v) is 3.60. The van der Waals surface area contributed by atoms with Crippen molar-refractivity contribution in [1.82, 2.24) is 0 Å². The average molecular weight is 222 g/mol. The maximum atomic E-state index is 13.8. The van der Waals surface area contributed by atoms with Gasteiger partial charge in [-0.25, -0.2) is 4.39 Å². The summed E-state index contributed by atoms with van der Waals surface area (Å²) in [5.74, 6) is 0.195. The van der Waals surface area contributed by atoms with Crippen LogP contribution in [-0.4, -0.2) is 5.11 Å². The zero-order valence-electron chi connectivity index (χ0n) is 9.96. The highest BCUT2D eigenvalue weighted by atomic mass is 19.1. The summed E-state index contributed by atoms with van der Waals surface area (Å²) in [5.41, 5.74) is 0.537. The Labute approximate surface area is 96.3 Å². The van der Waals surface area contributed by atoms with Crippen LogP contribution in [0.1, 0.15) is 43.7 Å². The number of halogens is 1. The average Bonchev–Trinajstić information content (AvgIpc) is 2.21. The van der Waals surface area contributed by atoms with Crippen LogP contribution in [0.5, 0.6) is 0 Å². The molecule has 0 amide bonds. The van der Waals surface area contributed by atoms with Gasteiger partial charge in [0.15, 0.2) is 0 Å². The van der Waals surface area contributed by atoms with Gasteiger partial charge in [0.2, 0.25) is 0 Å². The first kappa shape index (κ1) is 11.6. The Morgan fingerprint density at radius 3 is 2.88 bits per heavy atom. The fourth-order valence-corrected chi connectivity index (χ4v) is 2.76. The minimum Gasteiger partial charge on any atom is -0.385 e. The Kier molecular flexibility index (Phi) is 3.02. The largest absolute Gasteiger partial charge is 0.385 e. The molecule has 1 aromatic carbocycles. The molecule has 16 heavy (non-hydrogen) atoms. The van der Waals surface area contributed by atoms with Crippen molar-refractivity contribution < 1.29 is 9.50 Å². The van der Waals surface area contributed by atoms with Crippen LogP contribution < -0.4 is 0 Å². The van der Waals surface area contributed by atoms with Gasteiger partial charge in [0.05, 0.1) is 5.60 Å². The summed E-state index contributed by atoms with van der Waals surface area (Å²) in [4.78, 5) is 0. The Balaban J connectivity index is 2.37. The van der Waals surface area contributed by atoms with E-state index in [0.717, 1.165) is 18.4 Å². The lowest BCUT2D eigenvalue weighted by Crippen LogP contribution is -2.32. The van der Waals surface area contributed by atoms with E-state index >= 15 is 0 Å². The minimum absolute atomic E-state index is 0.276. The molecule has 2 unspecified atom stereocenters. The second-order valence-electron chi connectivity index (χ2n) is 5.22. The third kappa shape index (κ3) is 2.12. The lowest BCUT2D eigenvalue weighted by molar-refractivity contribution is -0.0207. The van der Waals surface area contributed by atoms with Gasteiger partial charge in [0, 0.05) is 5.56 Å². The van der Waals surface area contributed by atoms with Crippen molar-refractivity contribution in [2.75, 3.05) is 0 Å². The van der Waals surface area contributed by atoms with Crippen LogP contribution in [0.3, 0.4) is 0 Å². The van der Waals surface area contributed by atoms with E-state index in [-0.39, 0.29) is 5.82 Å². The van der Waals surface area contributed by atoms with Gasteiger partial charge >= 0.3 is 0 Å². The molecule has 0 radical (unpaired) electrons. The van der Waals surface area contributed by atoms with Gasteiger partial charge in [-0.1, -0.05) is 31.0 Å². The molecule has 88 valence electrons. The maximum absolute atomic E-state index is 13.8. The van der Waals surface area contributed by atoms with E-state index in [4.69, 9.17) is 0 Å². The highest BCUT2D eigenvalue weighted by Crippen LogP contribution is 2.40. The molecule has 2 atom stereocenters. The molecule has 1 saturated carbocycles. The lowest BCUT2D eigenvalue weighted by Gasteiger charge is -2.36. The Morgan fingerprint density at radius 1 is 1.44 bits per heavy atom. The molecule has 2 rings (SSSR count). The van der Waals surface area contributed by atoms with Crippen molar-refractivity contribution in [3.8, 4) is 0 Å². The third-order valence-electron chi connectivity index (χ3n) is 3.60. The smallest absolute Gasteiger partial charge is 0.129 e. The summed E-state index contributed by atoms with van der Waals surface area (Å²) in [5, 5.41) is 10.6. The first-order chi connectivity index (χ1) is 7.51. The monoisotopic (exact) mass is 222 g/mol. The zero-order valence-corrected chi connectivity index (χ0v) is 9.96. The van der Waals surface area contributed by atoms with E-state index in [1.165, 1.54) is 6.07 Å². The molecule has 1 aliphatic carbocycles. The molecule has 1 aliphatic rings. The molecule has 1 N–H and O–H groups in total. The molecule has 0 aromatic heterocycles. The number of aryl methyl sites for hydroxylation is 1. The fraction of sp³-hybridized carbons (Fsp3) is 0.571. The molecule has 0 aliphatic heterocycles. The highest BCUT2D eigenvalue weighted by molar-refractivity contribution is 5.29. The second kappa shape index (κ2) is 4.17. The molecule has 2 heteroatoms. The van der Waals surface area contributed by atoms with Gasteiger partial charge in [0.1, 0.15) is 5.82 Å². The van der Waals surface area contributed by atoms with Gasteiger partial charge in [0.25, 0.3) is 0 Å². The fourth-order valence-electron chi connectivity index (χ4n) is 2.76. The second-order valence-corrected chi connectivity index (χ2v) is 5.22. The van der Waals surface area contributed by atoms with E-state index in [0.29, 0.717) is 24.3 Å². The number of benzene rings is 1. The van der Waals surface area contributed by atoms with E-state index in [9.17, 15) is 9.50 Å². The van der Waals surface area contributed by atoms with Crippen LogP contribution in [0.25, 0.3) is 0 Å². The topological polar surface area (TPSA) is 20.2 Å². The summed E-state index contributed by atoms with van der Waals surface area (Å²) in [6, 6.07) is 4.99. The van der Waals surface area contributed by atoms with Gasteiger partial charge in [-0.05, 0) is 38.2 Å². The van der Waals surface area contributed by atoms with Crippen molar-refractivity contribution >= 4 is 0 Å². The number of hydrogen-bond donors (Lipinski definition) is 1. The van der Waals surface area contributed by atoms with E-state index in [2.05, 4.69) is 6.92 Å². The lowest BCUT2D eigenvalue weighted by atomic mass is 9.75. The van der Waals surface area contributed by atoms with Crippen molar-refractivity contribution in [2.24, 2.45) is 5.92 Å². The minimum atomic E-state index is -0.951. The van der Waals surface area contributed by atoms with Crippen molar-refractivity contribution in [3.63, 3.8) is 0 Å². The van der Waals surface area contributed by atoms with E-state index in [1.54, 1.807) is 12.1 Å². The zero-order chi connectivity index (χ0) is 11.8. The van der Waals surface area contributed by atoms with Gasteiger partial charge < -0.3 is 5.11 Å².